The molecule has 10 heteroatoms. The lowest BCUT2D eigenvalue weighted by Crippen LogP contribution is -2.34. The largest absolute Gasteiger partial charge is 0.454 e. The summed E-state index contributed by atoms with van der Waals surface area (Å²) >= 11 is 6.60. The zero-order chi connectivity index (χ0) is 23.9. The van der Waals surface area contributed by atoms with Crippen molar-refractivity contribution in [2.75, 3.05) is 12.1 Å². The molecular weight excluding hydrogens is 460 g/mol. The molecule has 1 aromatic carbocycles. The number of carbonyl (C=O) groups excluding carboxylic acids is 1. The van der Waals surface area contributed by atoms with Gasteiger partial charge < -0.3 is 14.8 Å². The molecule has 3 heterocycles. The van der Waals surface area contributed by atoms with E-state index < -0.39 is 5.56 Å². The summed E-state index contributed by atoms with van der Waals surface area (Å²) in [5.41, 5.74) is 1.65. The normalized spacial score (nSPS) is 16.1. The van der Waals surface area contributed by atoms with Crippen molar-refractivity contribution in [1.29, 1.82) is 5.26 Å². The molecule has 0 spiro atoms. The van der Waals surface area contributed by atoms with Gasteiger partial charge in [0.15, 0.2) is 11.5 Å². The molecule has 0 saturated carbocycles. The highest BCUT2D eigenvalue weighted by molar-refractivity contribution is 8.26. The highest BCUT2D eigenvalue weighted by Crippen LogP contribution is 2.36. The lowest BCUT2D eigenvalue weighted by molar-refractivity contribution is -0.123. The minimum atomic E-state index is -0.407. The molecule has 0 atom stereocenters. The van der Waals surface area contributed by atoms with E-state index in [0.717, 1.165) is 5.56 Å². The van der Waals surface area contributed by atoms with E-state index in [4.69, 9.17) is 21.7 Å². The van der Waals surface area contributed by atoms with E-state index in [1.807, 2.05) is 38.1 Å². The summed E-state index contributed by atoms with van der Waals surface area (Å²) in [4.78, 5) is 27.8. The van der Waals surface area contributed by atoms with Gasteiger partial charge >= 0.3 is 0 Å². The van der Waals surface area contributed by atoms with Gasteiger partial charge in [-0.2, -0.15) is 5.26 Å². The van der Waals surface area contributed by atoms with Crippen molar-refractivity contribution in [2.45, 2.75) is 33.4 Å². The molecule has 1 fully saturated rings. The van der Waals surface area contributed by atoms with E-state index in [1.165, 1.54) is 16.3 Å². The number of nitriles is 1. The van der Waals surface area contributed by atoms with Crippen LogP contribution in [0.4, 0.5) is 5.82 Å². The van der Waals surface area contributed by atoms with Gasteiger partial charge in [-0.15, -0.1) is 0 Å². The Morgan fingerprint density at radius 3 is 2.70 bits per heavy atom. The second-order valence-electron chi connectivity index (χ2n) is 7.92. The molecule has 1 amide bonds. The van der Waals surface area contributed by atoms with Crippen molar-refractivity contribution < 1.29 is 14.3 Å². The standard InChI is InChI=1S/C23H22N4O4S2/c1-12(2)27-22(29)19(33-23(27)32)8-15-13(3)16(9-24)21(28)26(4)20(15)25-10-14-5-6-17-18(7-14)31-11-30-17/h5-8,12,25H,10-11H2,1-4H3/b19-8+. The zero-order valence-electron chi connectivity index (χ0n) is 18.6. The third kappa shape index (κ3) is 4.10. The van der Waals surface area contributed by atoms with Gasteiger partial charge in [-0.3, -0.25) is 19.1 Å². The van der Waals surface area contributed by atoms with Crippen LogP contribution in [0, 0.1) is 18.3 Å². The summed E-state index contributed by atoms with van der Waals surface area (Å²) in [6, 6.07) is 7.54. The number of pyridine rings is 1. The number of fused-ring (bicyclic) bond motifs is 1. The summed E-state index contributed by atoms with van der Waals surface area (Å²) in [5.74, 6) is 1.67. The molecule has 8 nitrogen and oxygen atoms in total. The first-order chi connectivity index (χ1) is 15.7. The van der Waals surface area contributed by atoms with Crippen LogP contribution in [0.25, 0.3) is 6.08 Å². The number of thiocarbonyl (C=S) groups is 1. The number of rotatable bonds is 5. The second-order valence-corrected chi connectivity index (χ2v) is 9.60. The Balaban J connectivity index is 1.76. The van der Waals surface area contributed by atoms with Crippen LogP contribution in [0.1, 0.15) is 36.1 Å². The third-order valence-corrected chi connectivity index (χ3v) is 6.84. The molecule has 2 aliphatic heterocycles. The zero-order valence-corrected chi connectivity index (χ0v) is 20.2. The van der Waals surface area contributed by atoms with E-state index in [2.05, 4.69) is 5.32 Å². The first-order valence-electron chi connectivity index (χ1n) is 10.3. The van der Waals surface area contributed by atoms with Gasteiger partial charge in [0, 0.05) is 25.2 Å². The molecule has 4 rings (SSSR count). The lowest BCUT2D eigenvalue weighted by Gasteiger charge is -2.19. The first kappa shape index (κ1) is 22.9. The van der Waals surface area contributed by atoms with Gasteiger partial charge in [0.05, 0.1) is 4.91 Å². The fourth-order valence-corrected chi connectivity index (χ4v) is 5.24. The number of hydrogen-bond donors (Lipinski definition) is 1. The SMILES string of the molecule is Cc1c(/C=C2/SC(=S)N(C(C)C)C2=O)c(NCc2ccc3c(c2)OCO3)n(C)c(=O)c1C#N. The fraction of sp³-hybridized carbons (Fsp3) is 0.304. The Morgan fingerprint density at radius 1 is 1.30 bits per heavy atom. The summed E-state index contributed by atoms with van der Waals surface area (Å²) in [5, 5.41) is 12.9. The van der Waals surface area contributed by atoms with Gasteiger partial charge in [-0.25, -0.2) is 0 Å². The molecule has 1 aromatic heterocycles. The molecule has 0 unspecified atom stereocenters. The van der Waals surface area contributed by atoms with Crippen LogP contribution >= 0.6 is 24.0 Å². The number of hydrogen-bond acceptors (Lipinski definition) is 8. The third-order valence-electron chi connectivity index (χ3n) is 5.51. The minimum absolute atomic E-state index is 0.0386. The van der Waals surface area contributed by atoms with Crippen molar-refractivity contribution in [3.8, 4) is 17.6 Å². The van der Waals surface area contributed by atoms with Gasteiger partial charge in [0.2, 0.25) is 6.79 Å². The van der Waals surface area contributed by atoms with E-state index in [-0.39, 0.29) is 24.3 Å². The maximum Gasteiger partial charge on any atom is 0.270 e. The van der Waals surface area contributed by atoms with Gasteiger partial charge in [-0.05, 0) is 50.1 Å². The summed E-state index contributed by atoms with van der Waals surface area (Å²) in [6.07, 6.45) is 1.71. The molecule has 0 bridgehead atoms. The number of nitrogens with one attached hydrogen (secondary N) is 1. The maximum atomic E-state index is 12.9. The van der Waals surface area contributed by atoms with Crippen LogP contribution < -0.4 is 20.3 Å². The number of thioether (sulfide) groups is 1. The molecular formula is C23H22N4O4S2. The summed E-state index contributed by atoms with van der Waals surface area (Å²) in [6.45, 7) is 6.09. The maximum absolute atomic E-state index is 12.9. The fourth-order valence-electron chi connectivity index (χ4n) is 3.74. The Hall–Kier alpha value is -3.29. The highest BCUT2D eigenvalue weighted by Gasteiger charge is 2.34. The molecule has 170 valence electrons. The van der Waals surface area contributed by atoms with Gasteiger partial charge in [0.25, 0.3) is 11.5 Å². The van der Waals surface area contributed by atoms with Gasteiger partial charge in [-0.1, -0.05) is 30.0 Å². The molecule has 1 saturated heterocycles. The predicted octanol–water partition coefficient (Wildman–Crippen LogP) is 3.52. The Morgan fingerprint density at radius 2 is 2.03 bits per heavy atom. The number of anilines is 1. The van der Waals surface area contributed by atoms with Crippen molar-refractivity contribution >= 4 is 46.1 Å². The number of aromatic nitrogens is 1. The van der Waals surface area contributed by atoms with Crippen LogP contribution in [-0.4, -0.2) is 32.5 Å². The minimum Gasteiger partial charge on any atom is -0.454 e. The quantitative estimate of drug-likeness (QED) is 0.511. The summed E-state index contributed by atoms with van der Waals surface area (Å²) in [7, 11) is 1.60. The number of carbonyl (C=O) groups is 1. The van der Waals surface area contributed by atoms with Crippen molar-refractivity contribution in [2.24, 2.45) is 7.05 Å². The number of benzene rings is 1. The molecule has 0 aliphatic carbocycles. The average Bonchev–Trinajstić information content (AvgIpc) is 3.35. The first-order valence-corrected chi connectivity index (χ1v) is 11.5. The van der Waals surface area contributed by atoms with E-state index in [9.17, 15) is 14.9 Å². The molecule has 2 aliphatic rings. The monoisotopic (exact) mass is 482 g/mol. The highest BCUT2D eigenvalue weighted by atomic mass is 32.2. The molecule has 0 radical (unpaired) electrons. The molecule has 2 aromatic rings. The van der Waals surface area contributed by atoms with Crippen LogP contribution in [-0.2, 0) is 18.4 Å². The number of ether oxygens (including phenoxy) is 2. The van der Waals surface area contributed by atoms with Crippen LogP contribution in [0.2, 0.25) is 0 Å². The lowest BCUT2D eigenvalue weighted by atomic mass is 10.0. The van der Waals surface area contributed by atoms with Crippen LogP contribution in [0.5, 0.6) is 11.5 Å². The Bertz CT molecular complexity index is 1310. The Kier molecular flexibility index (Phi) is 6.19. The van der Waals surface area contributed by atoms with E-state index >= 15 is 0 Å². The predicted molar refractivity (Wildman–Crippen MR) is 131 cm³/mol. The molecule has 1 N–H and O–H groups in total. The van der Waals surface area contributed by atoms with Crippen LogP contribution in [0.3, 0.4) is 0 Å². The Labute approximate surface area is 200 Å². The topological polar surface area (TPSA) is 96.6 Å². The van der Waals surface area contributed by atoms with E-state index in [1.54, 1.807) is 24.9 Å². The number of amides is 1. The van der Waals surface area contributed by atoms with Gasteiger partial charge in [0.1, 0.15) is 21.8 Å². The van der Waals surface area contributed by atoms with Crippen molar-refractivity contribution in [1.82, 2.24) is 9.47 Å². The van der Waals surface area contributed by atoms with Crippen molar-refractivity contribution in [3.05, 3.63) is 55.7 Å². The van der Waals surface area contributed by atoms with Crippen LogP contribution in [0.15, 0.2) is 27.9 Å². The number of nitrogens with zero attached hydrogens (tertiary/aromatic N) is 3. The summed E-state index contributed by atoms with van der Waals surface area (Å²) < 4.78 is 12.7. The average molecular weight is 483 g/mol. The molecule has 33 heavy (non-hydrogen) atoms. The smallest absolute Gasteiger partial charge is 0.270 e. The van der Waals surface area contributed by atoms with Crippen molar-refractivity contribution in [3.63, 3.8) is 0 Å². The second kappa shape index (κ2) is 8.92. The van der Waals surface area contributed by atoms with E-state index in [0.29, 0.717) is 44.2 Å².